The van der Waals surface area contributed by atoms with Crippen molar-refractivity contribution in [3.63, 3.8) is 0 Å². The number of hydrogen-bond donors (Lipinski definition) is 8. The number of aliphatic imine (C=N–C) groups is 1. The maximum Gasteiger partial charge on any atom is 0.257 e. The van der Waals surface area contributed by atoms with Crippen LogP contribution in [-0.2, 0) is 25.7 Å². The number of anilines is 4. The number of likely N-dealkylation sites (tertiary alicyclic amines) is 2. The number of carbonyl (C=O) groups is 8. The van der Waals surface area contributed by atoms with Crippen molar-refractivity contribution in [2.24, 2.45) is 4.99 Å². The molecule has 0 spiro atoms. The average molecular weight is 1870 g/mol. The third kappa shape index (κ3) is 27.2. The van der Waals surface area contributed by atoms with Gasteiger partial charge in [0.05, 0.1) is 26.6 Å². The Kier molecular flexibility index (Phi) is 34.6. The first-order valence-corrected chi connectivity index (χ1v) is 43.1. The van der Waals surface area contributed by atoms with E-state index in [9.17, 15) is 38.4 Å². The third-order valence-electron chi connectivity index (χ3n) is 20.4. The summed E-state index contributed by atoms with van der Waals surface area (Å²) >= 11 is 47.8. The van der Waals surface area contributed by atoms with Crippen LogP contribution in [-0.4, -0.2) is 139 Å². The van der Waals surface area contributed by atoms with Crippen LogP contribution in [0.5, 0.6) is 0 Å². The van der Waals surface area contributed by atoms with Crippen LogP contribution in [0.1, 0.15) is 174 Å². The summed E-state index contributed by atoms with van der Waals surface area (Å²) in [7, 11) is 0. The van der Waals surface area contributed by atoms with Crippen LogP contribution in [0.15, 0.2) is 248 Å². The SMILES string of the molecule is C.CC(=N)c1ccc(C(=O)Cc2ccc(Cl)cc2C(=O)Nc2ccc(Cl)cn2)cc1.N=C(c1ccc(C(=O)Cc2ccc(Cl)cc2C(=O)Nc2ccc(Cl)cn2)cc1)N1CCCC1.N=C(c1ccc(C(=O)Cc2ccc(Cl)cc2C(=O)Nc2ccc(Cl)cn2)cc1)N1CCCCC1.O=C(Cc1ccc(Cl)cc1C(=O)Nc1ccc(Cl)cn1)c1ccc(C2=NCCN2)cc1. The number of halogens is 8. The fourth-order valence-electron chi connectivity index (χ4n) is 13.7. The smallest absolute Gasteiger partial charge is 0.257 e. The van der Waals surface area contributed by atoms with E-state index in [-0.39, 0.29) is 56.2 Å². The number of pyridine rings is 4. The number of aromatic nitrogens is 4. The fourth-order valence-corrected chi connectivity index (χ4v) is 14.8. The number of benzene rings is 8. The van der Waals surface area contributed by atoms with Gasteiger partial charge in [0.15, 0.2) is 23.1 Å². The number of hydrogen-bond acceptors (Lipinski definition) is 17. The van der Waals surface area contributed by atoms with E-state index in [1.54, 1.807) is 189 Å². The second-order valence-electron chi connectivity index (χ2n) is 29.4. The molecule has 128 heavy (non-hydrogen) atoms. The first kappa shape index (κ1) is 96.0. The predicted molar refractivity (Wildman–Crippen MR) is 511 cm³/mol. The van der Waals surface area contributed by atoms with E-state index >= 15 is 0 Å². The second-order valence-corrected chi connectivity index (χ2v) is 32.9. The number of amidine groups is 3. The maximum atomic E-state index is 13.0. The average Bonchev–Trinajstić information content (AvgIpc) is 1.56. The number of ketones is 4. The van der Waals surface area contributed by atoms with Gasteiger partial charge >= 0.3 is 0 Å². The summed E-state index contributed by atoms with van der Waals surface area (Å²) in [6.45, 7) is 6.84. The molecule has 2 saturated heterocycles. The van der Waals surface area contributed by atoms with Crippen molar-refractivity contribution in [2.45, 2.75) is 72.1 Å². The van der Waals surface area contributed by atoms with Gasteiger partial charge in [-0.1, -0.05) is 222 Å². The third-order valence-corrected chi connectivity index (χ3v) is 22.2. The van der Waals surface area contributed by atoms with E-state index in [0.29, 0.717) is 148 Å². The molecule has 31 heteroatoms. The van der Waals surface area contributed by atoms with Gasteiger partial charge in [-0.2, -0.15) is 0 Å². The van der Waals surface area contributed by atoms with Crippen molar-refractivity contribution in [2.75, 3.05) is 60.5 Å². The van der Waals surface area contributed by atoms with Gasteiger partial charge in [-0.05, 0) is 164 Å². The summed E-state index contributed by atoms with van der Waals surface area (Å²) in [5, 5.41) is 41.9. The summed E-state index contributed by atoms with van der Waals surface area (Å²) in [6.07, 6.45) is 11.5. The van der Waals surface area contributed by atoms with Crippen molar-refractivity contribution in [3.05, 3.63) is 372 Å². The quantitative estimate of drug-likeness (QED) is 0.0158. The number of nitrogens with one attached hydrogen (secondary N) is 8. The molecule has 4 amide bonds. The van der Waals surface area contributed by atoms with Gasteiger partial charge in [-0.25, -0.2) is 19.9 Å². The topological polar surface area (TPSA) is 339 Å². The first-order valence-electron chi connectivity index (χ1n) is 40.0. The summed E-state index contributed by atoms with van der Waals surface area (Å²) < 4.78 is 0. The zero-order valence-electron chi connectivity index (χ0n) is 68.1. The van der Waals surface area contributed by atoms with Crippen molar-refractivity contribution in [1.82, 2.24) is 35.1 Å². The van der Waals surface area contributed by atoms with E-state index in [0.717, 1.165) is 93.0 Å². The Hall–Kier alpha value is -12.7. The summed E-state index contributed by atoms with van der Waals surface area (Å²) in [5.41, 5.74) is 9.30. The molecule has 7 heterocycles. The number of piperidine rings is 1. The molecule has 0 unspecified atom stereocenters. The van der Waals surface area contributed by atoms with Crippen molar-refractivity contribution >= 4 is 186 Å². The Bertz CT molecular complexity index is 6120. The lowest BCUT2D eigenvalue weighted by Gasteiger charge is -2.29. The van der Waals surface area contributed by atoms with E-state index in [1.807, 2.05) is 29.2 Å². The number of amides is 4. The fraction of sp³-hybridized carbons (Fsp3) is 0.175. The van der Waals surface area contributed by atoms with Crippen LogP contribution >= 0.6 is 92.8 Å². The molecule has 0 atom stereocenters. The standard InChI is InChI=1S/C26H24Cl2N4O2.C25H22Cl2N4O2.C23H18Cl2N4O2.C22H17Cl2N3O2.CH4/c27-20-9-8-19(22(15-20)26(34)31-24-11-10-21(28)16-30-24)14-23(33)17-4-6-18(7-5-17)25(29)32-12-2-1-3-13-32;26-19-8-7-18(21(14-19)25(33)30-23-10-9-20(27)15-29-23)13-22(32)16-3-5-17(6-4-16)24(28)31-11-1-2-12-31;24-17-6-5-16(19(12-17)23(31)29-21-8-7-18(25)13-28-21)11-20(30)14-1-3-15(4-2-14)22-26-9-10-27-22;1-13(25)14-2-4-15(5-3-14)20(28)10-16-6-7-17(23)11-19(16)22(29)27-21-9-8-18(24)12-26-21;/h4-11,15-16,29H,1-3,12-14H2,(H,30,31,34);3-10,14-15,28H,1-2,11-13H2,(H,29,30,33);1-8,12-13H,9-11H2,(H,26,27)(H,28,29,31);2-9,11-12,25H,10H2,1H3,(H,26,27,29);1H4. The van der Waals surface area contributed by atoms with Crippen LogP contribution < -0.4 is 26.6 Å². The molecule has 0 bridgehead atoms. The lowest BCUT2D eigenvalue weighted by atomic mass is 9.97. The molecule has 652 valence electrons. The van der Waals surface area contributed by atoms with Gasteiger partial charge in [0.1, 0.15) is 40.8 Å². The lowest BCUT2D eigenvalue weighted by molar-refractivity contribution is 0.0980. The molecule has 0 saturated carbocycles. The molecule has 3 aliphatic rings. The molecule has 2 fully saturated rings. The normalized spacial score (nSPS) is 12.4. The van der Waals surface area contributed by atoms with E-state index < -0.39 is 23.6 Å². The van der Waals surface area contributed by atoms with Gasteiger partial charge in [0.2, 0.25) is 0 Å². The monoisotopic (exact) mass is 1870 g/mol. The minimum absolute atomic E-state index is 0. The molecule has 12 aromatic rings. The van der Waals surface area contributed by atoms with Gasteiger partial charge in [0.25, 0.3) is 23.6 Å². The van der Waals surface area contributed by atoms with Crippen LogP contribution in [0.3, 0.4) is 0 Å². The zero-order valence-corrected chi connectivity index (χ0v) is 74.2. The number of carbonyl (C=O) groups excluding carboxylic acids is 8. The zero-order chi connectivity index (χ0) is 90.2. The van der Waals surface area contributed by atoms with Crippen LogP contribution in [0, 0.1) is 16.2 Å². The molecule has 8 aromatic carbocycles. The van der Waals surface area contributed by atoms with Gasteiger partial charge in [-0.3, -0.25) is 54.2 Å². The maximum absolute atomic E-state index is 13.0. The van der Waals surface area contributed by atoms with Crippen LogP contribution in [0.25, 0.3) is 0 Å². The lowest BCUT2D eigenvalue weighted by Crippen LogP contribution is -2.35. The van der Waals surface area contributed by atoms with E-state index in [4.69, 9.17) is 109 Å². The Morgan fingerprint density at radius 1 is 0.328 bits per heavy atom. The highest BCUT2D eigenvalue weighted by Gasteiger charge is 2.25. The van der Waals surface area contributed by atoms with Crippen molar-refractivity contribution in [1.29, 1.82) is 16.2 Å². The first-order chi connectivity index (χ1) is 61.1. The summed E-state index contributed by atoms with van der Waals surface area (Å²) in [4.78, 5) is 128. The molecule has 0 aliphatic carbocycles. The molecule has 15 rings (SSSR count). The highest BCUT2D eigenvalue weighted by molar-refractivity contribution is 6.34. The summed E-state index contributed by atoms with van der Waals surface area (Å²) in [6, 6.07) is 60.6. The molecule has 3 aliphatic heterocycles. The van der Waals surface area contributed by atoms with Gasteiger partial charge < -0.3 is 41.8 Å². The van der Waals surface area contributed by atoms with Crippen molar-refractivity contribution in [3.8, 4) is 0 Å². The molecular weight excluding hydrogens is 1790 g/mol. The van der Waals surface area contributed by atoms with Crippen LogP contribution in [0.2, 0.25) is 40.2 Å². The Labute approximate surface area is 779 Å². The minimum Gasteiger partial charge on any atom is -0.368 e. The molecule has 0 radical (unpaired) electrons. The molecule has 8 N–H and O–H groups in total. The van der Waals surface area contributed by atoms with Gasteiger partial charge in [0, 0.05) is 170 Å². The summed E-state index contributed by atoms with van der Waals surface area (Å²) in [5.74, 6) is 1.06. The van der Waals surface area contributed by atoms with Gasteiger partial charge in [-0.15, -0.1) is 0 Å². The highest BCUT2D eigenvalue weighted by atomic mass is 35.5. The number of Topliss-reactive ketones (excluding diaryl/α,β-unsaturated/α-hetero) is 4. The predicted octanol–water partition coefficient (Wildman–Crippen LogP) is 21.9. The Morgan fingerprint density at radius 2 is 0.578 bits per heavy atom. The van der Waals surface area contributed by atoms with Crippen LogP contribution in [0.4, 0.5) is 23.3 Å². The molecular formula is C97H85Cl8N15O8. The highest BCUT2D eigenvalue weighted by Crippen LogP contribution is 2.28. The Balaban J connectivity index is 0.000000165. The number of rotatable bonds is 24. The van der Waals surface area contributed by atoms with E-state index in [2.05, 4.69) is 56.4 Å². The minimum atomic E-state index is -0.417. The second kappa shape index (κ2) is 46.2. The molecule has 4 aromatic heterocycles. The Morgan fingerprint density at radius 3 is 0.828 bits per heavy atom. The number of nitrogens with zero attached hydrogens (tertiary/aromatic N) is 7. The van der Waals surface area contributed by atoms with Crippen molar-refractivity contribution < 1.29 is 38.4 Å². The molecule has 23 nitrogen and oxygen atoms in total. The largest absolute Gasteiger partial charge is 0.368 e. The van der Waals surface area contributed by atoms with E-state index in [1.165, 1.54) is 43.3 Å².